The van der Waals surface area contributed by atoms with Crippen LogP contribution in [0, 0.1) is 0 Å². The van der Waals surface area contributed by atoms with E-state index in [9.17, 15) is 4.79 Å². The number of oxazole rings is 1. The zero-order valence-corrected chi connectivity index (χ0v) is 15.7. The summed E-state index contributed by atoms with van der Waals surface area (Å²) >= 11 is 17.8. The van der Waals surface area contributed by atoms with Gasteiger partial charge in [0.25, 0.3) is 0 Å². The van der Waals surface area contributed by atoms with Crippen molar-refractivity contribution in [3.8, 4) is 23.1 Å². The first-order valence-electron chi connectivity index (χ1n) is 7.41. The number of carbonyl (C=O) groups excluding carboxylic acids is 1. The highest BCUT2D eigenvalue weighted by Gasteiger charge is 2.20. The predicted octanol–water partition coefficient (Wildman–Crippen LogP) is 5.81. The number of hydrogen-bond donors (Lipinski definition) is 0. The van der Waals surface area contributed by atoms with Crippen molar-refractivity contribution in [2.45, 2.75) is 6.42 Å². The summed E-state index contributed by atoms with van der Waals surface area (Å²) in [6.45, 7) is 0. The van der Waals surface area contributed by atoms with Gasteiger partial charge in [0, 0.05) is 10.6 Å². The molecular weight excluding hydrogens is 401 g/mol. The smallest absolute Gasteiger partial charge is 0.315 e. The van der Waals surface area contributed by atoms with Crippen LogP contribution in [0.5, 0.6) is 11.7 Å². The van der Waals surface area contributed by atoms with Crippen LogP contribution in [-0.2, 0) is 16.0 Å². The summed E-state index contributed by atoms with van der Waals surface area (Å²) in [4.78, 5) is 16.0. The lowest BCUT2D eigenvalue weighted by atomic mass is 10.2. The van der Waals surface area contributed by atoms with E-state index >= 15 is 0 Å². The third-order valence-corrected chi connectivity index (χ3v) is 4.38. The quantitative estimate of drug-likeness (QED) is 0.495. The molecule has 0 amide bonds. The second-order valence-electron chi connectivity index (χ2n) is 5.19. The molecule has 0 N–H and O–H groups in total. The van der Waals surface area contributed by atoms with Crippen molar-refractivity contribution in [3.05, 3.63) is 63.2 Å². The summed E-state index contributed by atoms with van der Waals surface area (Å²) in [6, 6.07) is 11.6. The SMILES string of the molecule is COC(=O)Cc1nc(-c2ccc(Cl)c(Cl)c2)oc1Oc1ccc(Cl)cc1. The molecule has 26 heavy (non-hydrogen) atoms. The number of methoxy groups -OCH3 is 1. The number of hydrogen-bond acceptors (Lipinski definition) is 5. The topological polar surface area (TPSA) is 61.6 Å². The van der Waals surface area contributed by atoms with E-state index in [0.29, 0.717) is 32.1 Å². The van der Waals surface area contributed by atoms with E-state index in [1.807, 2.05) is 0 Å². The van der Waals surface area contributed by atoms with E-state index in [0.717, 1.165) is 0 Å². The summed E-state index contributed by atoms with van der Waals surface area (Å²) in [6.07, 6.45) is -0.107. The first kappa shape index (κ1) is 18.6. The molecule has 1 heterocycles. The molecule has 1 aromatic heterocycles. The van der Waals surface area contributed by atoms with Gasteiger partial charge in [-0.3, -0.25) is 4.79 Å². The van der Waals surface area contributed by atoms with Gasteiger partial charge in [-0.1, -0.05) is 34.8 Å². The van der Waals surface area contributed by atoms with Gasteiger partial charge in [0.1, 0.15) is 11.4 Å². The fraction of sp³-hybridized carbons (Fsp3) is 0.111. The fourth-order valence-corrected chi connectivity index (χ4v) is 2.52. The molecule has 0 bridgehead atoms. The van der Waals surface area contributed by atoms with E-state index in [2.05, 4.69) is 4.98 Å². The number of ether oxygens (including phenoxy) is 2. The van der Waals surface area contributed by atoms with E-state index in [4.69, 9.17) is 48.7 Å². The summed E-state index contributed by atoms with van der Waals surface area (Å²) < 4.78 is 16.1. The summed E-state index contributed by atoms with van der Waals surface area (Å²) in [5, 5.41) is 1.34. The third-order valence-electron chi connectivity index (χ3n) is 3.39. The number of halogens is 3. The second-order valence-corrected chi connectivity index (χ2v) is 6.44. The highest BCUT2D eigenvalue weighted by molar-refractivity contribution is 6.42. The minimum absolute atomic E-state index is 0.0822. The van der Waals surface area contributed by atoms with Crippen molar-refractivity contribution >= 4 is 40.8 Å². The number of esters is 1. The minimum Gasteiger partial charge on any atom is -0.469 e. The Bertz CT molecular complexity index is 938. The lowest BCUT2D eigenvalue weighted by molar-refractivity contribution is -0.139. The van der Waals surface area contributed by atoms with E-state index in [-0.39, 0.29) is 18.3 Å². The van der Waals surface area contributed by atoms with Crippen molar-refractivity contribution in [2.75, 3.05) is 7.11 Å². The molecule has 3 aromatic rings. The van der Waals surface area contributed by atoms with Gasteiger partial charge < -0.3 is 13.9 Å². The van der Waals surface area contributed by atoms with E-state index < -0.39 is 5.97 Å². The first-order chi connectivity index (χ1) is 12.5. The third kappa shape index (κ3) is 4.30. The minimum atomic E-state index is -0.472. The number of rotatable bonds is 5. The normalized spacial score (nSPS) is 10.6. The predicted molar refractivity (Wildman–Crippen MR) is 99.2 cm³/mol. The van der Waals surface area contributed by atoms with Gasteiger partial charge in [0.05, 0.1) is 23.6 Å². The van der Waals surface area contributed by atoms with Gasteiger partial charge >= 0.3 is 11.9 Å². The molecule has 0 fully saturated rings. The maximum atomic E-state index is 11.7. The average molecular weight is 413 g/mol. The van der Waals surface area contributed by atoms with Crippen LogP contribution >= 0.6 is 34.8 Å². The van der Waals surface area contributed by atoms with Crippen LogP contribution in [0.15, 0.2) is 46.9 Å². The van der Waals surface area contributed by atoms with Gasteiger partial charge in [0.15, 0.2) is 0 Å². The molecular formula is C18H12Cl3NO4. The van der Waals surface area contributed by atoms with Crippen LogP contribution in [0.2, 0.25) is 15.1 Å². The summed E-state index contributed by atoms with van der Waals surface area (Å²) in [7, 11) is 1.29. The molecule has 0 aliphatic carbocycles. The Kier molecular flexibility index (Phi) is 5.71. The van der Waals surface area contributed by atoms with Gasteiger partial charge in [-0.15, -0.1) is 0 Å². The number of nitrogens with zero attached hydrogens (tertiary/aromatic N) is 1. The Morgan fingerprint density at radius 1 is 1.08 bits per heavy atom. The molecule has 5 nitrogen and oxygen atoms in total. The van der Waals surface area contributed by atoms with Crippen molar-refractivity contribution in [2.24, 2.45) is 0 Å². The van der Waals surface area contributed by atoms with Gasteiger partial charge in [-0.25, -0.2) is 4.98 Å². The molecule has 0 saturated heterocycles. The molecule has 0 atom stereocenters. The zero-order chi connectivity index (χ0) is 18.7. The van der Waals surface area contributed by atoms with Crippen LogP contribution in [0.4, 0.5) is 0 Å². The Labute approximate surface area is 164 Å². The lowest BCUT2D eigenvalue weighted by Gasteiger charge is -2.03. The molecule has 0 radical (unpaired) electrons. The Hall–Kier alpha value is -2.21. The highest BCUT2D eigenvalue weighted by Crippen LogP contribution is 2.34. The fourth-order valence-electron chi connectivity index (χ4n) is 2.10. The number of carbonyl (C=O) groups is 1. The monoisotopic (exact) mass is 411 g/mol. The zero-order valence-electron chi connectivity index (χ0n) is 13.5. The Balaban J connectivity index is 1.97. The molecule has 0 unspecified atom stereocenters. The molecule has 0 saturated carbocycles. The van der Waals surface area contributed by atoms with Crippen LogP contribution in [-0.4, -0.2) is 18.1 Å². The van der Waals surface area contributed by atoms with Crippen LogP contribution in [0.25, 0.3) is 11.5 Å². The van der Waals surface area contributed by atoms with Crippen LogP contribution in [0.3, 0.4) is 0 Å². The molecule has 8 heteroatoms. The molecule has 134 valence electrons. The van der Waals surface area contributed by atoms with Gasteiger partial charge in [-0.05, 0) is 42.5 Å². The maximum Gasteiger partial charge on any atom is 0.315 e. The largest absolute Gasteiger partial charge is 0.469 e. The summed E-state index contributed by atoms with van der Waals surface area (Å²) in [5.74, 6) is 0.336. The molecule has 0 spiro atoms. The highest BCUT2D eigenvalue weighted by atomic mass is 35.5. The molecule has 0 aliphatic heterocycles. The standard InChI is InChI=1S/C18H12Cl3NO4/c1-24-16(23)9-15-18(25-12-5-3-11(19)4-6-12)26-17(22-15)10-2-7-13(20)14(21)8-10/h2-8H,9H2,1H3. The van der Waals surface area contributed by atoms with Crippen molar-refractivity contribution in [3.63, 3.8) is 0 Å². The first-order valence-corrected chi connectivity index (χ1v) is 8.55. The van der Waals surface area contributed by atoms with E-state index in [1.165, 1.54) is 7.11 Å². The number of benzene rings is 2. The van der Waals surface area contributed by atoms with Crippen LogP contribution < -0.4 is 4.74 Å². The Morgan fingerprint density at radius 2 is 1.81 bits per heavy atom. The maximum absolute atomic E-state index is 11.7. The molecule has 3 rings (SSSR count). The van der Waals surface area contributed by atoms with Gasteiger partial charge in [-0.2, -0.15) is 0 Å². The van der Waals surface area contributed by atoms with Gasteiger partial charge in [0.2, 0.25) is 5.89 Å². The van der Waals surface area contributed by atoms with Crippen molar-refractivity contribution < 1.29 is 18.7 Å². The average Bonchev–Trinajstić information content (AvgIpc) is 3.01. The van der Waals surface area contributed by atoms with E-state index in [1.54, 1.807) is 42.5 Å². The second kappa shape index (κ2) is 7.99. The van der Waals surface area contributed by atoms with Crippen LogP contribution in [0.1, 0.15) is 5.69 Å². The van der Waals surface area contributed by atoms with Crippen molar-refractivity contribution in [1.29, 1.82) is 0 Å². The van der Waals surface area contributed by atoms with Crippen molar-refractivity contribution in [1.82, 2.24) is 4.98 Å². The Morgan fingerprint density at radius 3 is 2.46 bits per heavy atom. The lowest BCUT2D eigenvalue weighted by Crippen LogP contribution is -2.05. The molecule has 2 aromatic carbocycles. The summed E-state index contributed by atoms with van der Waals surface area (Å²) in [5.41, 5.74) is 0.893. The molecule has 0 aliphatic rings. The number of aromatic nitrogens is 1.